The van der Waals surface area contributed by atoms with Crippen LogP contribution in [0.1, 0.15) is 50.7 Å². The van der Waals surface area contributed by atoms with Crippen molar-refractivity contribution in [2.75, 3.05) is 18.8 Å². The molecule has 0 saturated carbocycles. The van der Waals surface area contributed by atoms with Crippen LogP contribution >= 0.6 is 0 Å². The van der Waals surface area contributed by atoms with E-state index in [1.807, 2.05) is 11.8 Å². The summed E-state index contributed by atoms with van der Waals surface area (Å²) in [6.45, 7) is 5.25. The maximum atomic E-state index is 12.4. The van der Waals surface area contributed by atoms with Crippen LogP contribution in [0, 0.1) is 0 Å². The molecular weight excluding hydrogens is 336 g/mol. The highest BCUT2D eigenvalue weighted by Crippen LogP contribution is 2.14. The molecule has 1 N–H and O–H groups in total. The van der Waals surface area contributed by atoms with Gasteiger partial charge in [-0.05, 0) is 43.2 Å². The zero-order valence-electron chi connectivity index (χ0n) is 15.3. The van der Waals surface area contributed by atoms with Crippen molar-refractivity contribution < 1.29 is 13.2 Å². The summed E-state index contributed by atoms with van der Waals surface area (Å²) in [4.78, 5) is 14.2. The number of hydrogen-bond acceptors (Lipinski definition) is 3. The summed E-state index contributed by atoms with van der Waals surface area (Å²) < 4.78 is 26.4. The van der Waals surface area contributed by atoms with E-state index in [0.29, 0.717) is 38.8 Å². The summed E-state index contributed by atoms with van der Waals surface area (Å²) in [5.41, 5.74) is 2.50. The molecule has 1 aromatic rings. The highest BCUT2D eigenvalue weighted by Gasteiger charge is 2.25. The minimum atomic E-state index is -3.17. The van der Waals surface area contributed by atoms with Crippen molar-refractivity contribution in [3.8, 4) is 0 Å². The highest BCUT2D eigenvalue weighted by atomic mass is 32.2. The van der Waals surface area contributed by atoms with Crippen LogP contribution in [0.3, 0.4) is 0 Å². The Bertz CT molecular complexity index is 648. The monoisotopic (exact) mass is 366 g/mol. The fourth-order valence-electron chi connectivity index (χ4n) is 3.18. The summed E-state index contributed by atoms with van der Waals surface area (Å²) in [6, 6.07) is 8.39. The molecule has 1 amide bonds. The van der Waals surface area contributed by atoms with Crippen molar-refractivity contribution >= 4 is 15.9 Å². The van der Waals surface area contributed by atoms with Crippen LogP contribution in [-0.2, 0) is 27.7 Å². The lowest BCUT2D eigenvalue weighted by Gasteiger charge is -2.32. The molecule has 0 bridgehead atoms. The van der Waals surface area contributed by atoms with Gasteiger partial charge in [-0.1, -0.05) is 38.1 Å². The number of piperidine rings is 1. The number of carbonyl (C=O) groups is 1. The molecule has 6 heteroatoms. The Morgan fingerprint density at radius 2 is 1.72 bits per heavy atom. The minimum absolute atomic E-state index is 0.0396. The molecule has 1 fully saturated rings. The minimum Gasteiger partial charge on any atom is -0.343 e. The van der Waals surface area contributed by atoms with Crippen LogP contribution in [0.2, 0.25) is 0 Å². The summed E-state index contributed by atoms with van der Waals surface area (Å²) in [5, 5.41) is 0. The van der Waals surface area contributed by atoms with E-state index in [9.17, 15) is 13.2 Å². The maximum absolute atomic E-state index is 12.4. The number of hydrogen-bond donors (Lipinski definition) is 1. The van der Waals surface area contributed by atoms with Gasteiger partial charge in [0.2, 0.25) is 15.9 Å². The van der Waals surface area contributed by atoms with Crippen LogP contribution in [0.15, 0.2) is 24.3 Å². The van der Waals surface area contributed by atoms with Gasteiger partial charge in [0.25, 0.3) is 0 Å². The first-order valence-electron chi connectivity index (χ1n) is 9.29. The number of carbonyl (C=O) groups excluding carboxylic acids is 1. The second-order valence-electron chi connectivity index (χ2n) is 6.76. The predicted molar refractivity (Wildman–Crippen MR) is 101 cm³/mol. The predicted octanol–water partition coefficient (Wildman–Crippen LogP) is 2.50. The molecule has 1 aliphatic heterocycles. The first-order valence-corrected chi connectivity index (χ1v) is 10.9. The number of amides is 1. The van der Waals surface area contributed by atoms with Gasteiger partial charge >= 0.3 is 0 Å². The Morgan fingerprint density at radius 3 is 2.28 bits per heavy atom. The second-order valence-corrected chi connectivity index (χ2v) is 8.64. The van der Waals surface area contributed by atoms with Gasteiger partial charge in [0.15, 0.2) is 0 Å². The van der Waals surface area contributed by atoms with E-state index in [1.165, 1.54) is 11.1 Å². The van der Waals surface area contributed by atoms with Gasteiger partial charge in [-0.2, -0.15) is 0 Å². The molecular formula is C19H30N2O3S. The van der Waals surface area contributed by atoms with Crippen LogP contribution in [0.4, 0.5) is 0 Å². The zero-order chi connectivity index (χ0) is 18.3. The van der Waals surface area contributed by atoms with Crippen molar-refractivity contribution in [1.29, 1.82) is 0 Å². The molecule has 1 heterocycles. The van der Waals surface area contributed by atoms with E-state index in [-0.39, 0.29) is 17.7 Å². The summed E-state index contributed by atoms with van der Waals surface area (Å²) in [6.07, 6.45) is 4.30. The SMILES string of the molecule is CCCS(=O)(=O)NC1CCN(C(=O)CCc2ccc(CC)cc2)CC1. The van der Waals surface area contributed by atoms with Crippen LogP contribution in [-0.4, -0.2) is 44.1 Å². The third-order valence-electron chi connectivity index (χ3n) is 4.73. The topological polar surface area (TPSA) is 66.5 Å². The molecule has 25 heavy (non-hydrogen) atoms. The molecule has 1 saturated heterocycles. The van der Waals surface area contributed by atoms with Crippen molar-refractivity contribution in [2.45, 2.75) is 58.4 Å². The first-order chi connectivity index (χ1) is 11.9. The van der Waals surface area contributed by atoms with Crippen molar-refractivity contribution in [3.63, 3.8) is 0 Å². The van der Waals surface area contributed by atoms with Gasteiger partial charge < -0.3 is 4.90 Å². The van der Waals surface area contributed by atoms with Gasteiger partial charge in [0, 0.05) is 25.6 Å². The molecule has 1 aliphatic rings. The Hall–Kier alpha value is -1.40. The summed E-state index contributed by atoms with van der Waals surface area (Å²) >= 11 is 0. The van der Waals surface area contributed by atoms with E-state index < -0.39 is 10.0 Å². The second kappa shape index (κ2) is 9.34. The highest BCUT2D eigenvalue weighted by molar-refractivity contribution is 7.89. The molecule has 0 aliphatic carbocycles. The molecule has 0 aromatic heterocycles. The molecule has 5 nitrogen and oxygen atoms in total. The lowest BCUT2D eigenvalue weighted by Crippen LogP contribution is -2.47. The first kappa shape index (κ1) is 19.9. The van der Waals surface area contributed by atoms with Gasteiger partial charge in [-0.3, -0.25) is 4.79 Å². The Labute approximate surface area is 151 Å². The Balaban J connectivity index is 1.75. The lowest BCUT2D eigenvalue weighted by atomic mass is 10.0. The Morgan fingerprint density at radius 1 is 1.12 bits per heavy atom. The largest absolute Gasteiger partial charge is 0.343 e. The number of nitrogens with zero attached hydrogens (tertiary/aromatic N) is 1. The van der Waals surface area contributed by atoms with Gasteiger partial charge in [-0.15, -0.1) is 0 Å². The number of benzene rings is 1. The van der Waals surface area contributed by atoms with Gasteiger partial charge in [-0.25, -0.2) is 13.1 Å². The maximum Gasteiger partial charge on any atom is 0.222 e. The van der Waals surface area contributed by atoms with E-state index >= 15 is 0 Å². The van der Waals surface area contributed by atoms with Gasteiger partial charge in [0.05, 0.1) is 5.75 Å². The van der Waals surface area contributed by atoms with Gasteiger partial charge in [0.1, 0.15) is 0 Å². The number of sulfonamides is 1. The normalized spacial score (nSPS) is 16.2. The van der Waals surface area contributed by atoms with E-state index in [1.54, 1.807) is 0 Å². The fourth-order valence-corrected chi connectivity index (χ4v) is 4.58. The number of aryl methyl sites for hydroxylation is 2. The van der Waals surface area contributed by atoms with Crippen LogP contribution < -0.4 is 4.72 Å². The number of likely N-dealkylation sites (tertiary alicyclic amines) is 1. The van der Waals surface area contributed by atoms with Crippen LogP contribution in [0.25, 0.3) is 0 Å². The number of nitrogens with one attached hydrogen (secondary N) is 1. The molecule has 1 aromatic carbocycles. The zero-order valence-corrected chi connectivity index (χ0v) is 16.1. The van der Waals surface area contributed by atoms with Crippen molar-refractivity contribution in [3.05, 3.63) is 35.4 Å². The molecule has 0 radical (unpaired) electrons. The Kier molecular flexibility index (Phi) is 7.44. The average molecular weight is 367 g/mol. The molecule has 2 rings (SSSR count). The van der Waals surface area contributed by atoms with Crippen molar-refractivity contribution in [2.24, 2.45) is 0 Å². The molecule has 0 unspecified atom stereocenters. The molecule has 140 valence electrons. The van der Waals surface area contributed by atoms with E-state index in [2.05, 4.69) is 35.9 Å². The summed E-state index contributed by atoms with van der Waals surface area (Å²) in [7, 11) is -3.17. The quantitative estimate of drug-likeness (QED) is 0.769. The lowest BCUT2D eigenvalue weighted by molar-refractivity contribution is -0.132. The smallest absolute Gasteiger partial charge is 0.222 e. The van der Waals surface area contributed by atoms with Crippen LogP contribution in [0.5, 0.6) is 0 Å². The third kappa shape index (κ3) is 6.44. The molecule has 0 spiro atoms. The number of rotatable bonds is 8. The average Bonchev–Trinajstić information content (AvgIpc) is 2.60. The fraction of sp³-hybridized carbons (Fsp3) is 0.632. The van der Waals surface area contributed by atoms with Crippen molar-refractivity contribution in [1.82, 2.24) is 9.62 Å². The summed E-state index contributed by atoms with van der Waals surface area (Å²) in [5.74, 6) is 0.331. The third-order valence-corrected chi connectivity index (χ3v) is 6.36. The van der Waals surface area contributed by atoms with E-state index in [0.717, 1.165) is 12.8 Å². The van der Waals surface area contributed by atoms with E-state index in [4.69, 9.17) is 0 Å². The standard InChI is InChI=1S/C19H30N2O3S/c1-3-15-25(23,24)20-18-11-13-21(14-12-18)19(22)10-9-17-7-5-16(4-2)6-8-17/h5-8,18,20H,3-4,9-15H2,1-2H3. The molecule has 0 atom stereocenters.